The fraction of sp³-hybridized carbons (Fsp3) is 0.364. The van der Waals surface area contributed by atoms with E-state index in [2.05, 4.69) is 5.16 Å². The van der Waals surface area contributed by atoms with Crippen LogP contribution in [0.15, 0.2) is 23.4 Å². The lowest BCUT2D eigenvalue weighted by atomic mass is 9.95. The zero-order valence-corrected chi connectivity index (χ0v) is 8.94. The smallest absolute Gasteiger partial charge is 0.170 e. The van der Waals surface area contributed by atoms with Crippen molar-refractivity contribution in [2.45, 2.75) is 26.4 Å². The fourth-order valence-electron chi connectivity index (χ4n) is 1.68. The third kappa shape index (κ3) is 2.27. The first kappa shape index (κ1) is 11.5. The molecule has 0 saturated heterocycles. The molecule has 0 spiro atoms. The predicted molar refractivity (Wildman–Crippen MR) is 59.0 cm³/mol. The Morgan fingerprint density at radius 3 is 2.67 bits per heavy atom. The van der Waals surface area contributed by atoms with Crippen LogP contribution in [0.2, 0.25) is 0 Å². The van der Waals surface area contributed by atoms with Gasteiger partial charge in [0.25, 0.3) is 0 Å². The van der Waals surface area contributed by atoms with Gasteiger partial charge in [-0.05, 0) is 24.5 Å². The Morgan fingerprint density at radius 1 is 1.53 bits per heavy atom. The minimum atomic E-state index is -0.550. The molecular formula is C11H16N2O2. The molecule has 0 aliphatic heterocycles. The van der Waals surface area contributed by atoms with Crippen LogP contribution in [-0.2, 0) is 6.42 Å². The molecule has 4 N–H and O–H groups in total. The van der Waals surface area contributed by atoms with Gasteiger partial charge in [0, 0.05) is 5.56 Å². The summed E-state index contributed by atoms with van der Waals surface area (Å²) in [7, 11) is 0. The molecule has 0 aromatic heterocycles. The highest BCUT2D eigenvalue weighted by Crippen LogP contribution is 2.21. The summed E-state index contributed by atoms with van der Waals surface area (Å²) in [6.07, 6.45) is 0.179. The van der Waals surface area contributed by atoms with E-state index in [1.165, 1.54) is 0 Å². The zero-order chi connectivity index (χ0) is 11.4. The maximum atomic E-state index is 9.57. The van der Waals surface area contributed by atoms with Crippen LogP contribution in [-0.4, -0.2) is 16.1 Å². The number of benzene rings is 1. The van der Waals surface area contributed by atoms with Crippen molar-refractivity contribution in [1.82, 2.24) is 0 Å². The Morgan fingerprint density at radius 2 is 2.20 bits per heavy atom. The van der Waals surface area contributed by atoms with Crippen LogP contribution in [0.25, 0.3) is 0 Å². The summed E-state index contributed by atoms with van der Waals surface area (Å²) in [4.78, 5) is 0. The summed E-state index contributed by atoms with van der Waals surface area (Å²) < 4.78 is 0. The lowest BCUT2D eigenvalue weighted by Gasteiger charge is -2.14. The van der Waals surface area contributed by atoms with Gasteiger partial charge in [-0.2, -0.15) is 0 Å². The van der Waals surface area contributed by atoms with E-state index in [4.69, 9.17) is 10.9 Å². The van der Waals surface area contributed by atoms with Crippen molar-refractivity contribution < 1.29 is 10.3 Å². The molecule has 4 heteroatoms. The van der Waals surface area contributed by atoms with Gasteiger partial charge >= 0.3 is 0 Å². The van der Waals surface area contributed by atoms with Crippen LogP contribution >= 0.6 is 0 Å². The minimum Gasteiger partial charge on any atom is -0.409 e. The SMILES string of the molecule is CCc1c(C(N)=NO)cccc1C(C)O. The van der Waals surface area contributed by atoms with Crippen molar-refractivity contribution in [3.05, 3.63) is 34.9 Å². The molecule has 0 aliphatic carbocycles. The Bertz CT molecular complexity index is 373. The third-order valence-electron chi connectivity index (χ3n) is 2.40. The van der Waals surface area contributed by atoms with Crippen LogP contribution in [0.1, 0.15) is 36.6 Å². The summed E-state index contributed by atoms with van der Waals surface area (Å²) in [6, 6.07) is 5.41. The second-order valence-electron chi connectivity index (χ2n) is 3.39. The molecule has 0 radical (unpaired) electrons. The van der Waals surface area contributed by atoms with Crippen LogP contribution in [0.3, 0.4) is 0 Å². The first-order chi connectivity index (χ1) is 7.11. The number of amidine groups is 1. The average molecular weight is 208 g/mol. The number of rotatable bonds is 3. The first-order valence-electron chi connectivity index (χ1n) is 4.89. The van der Waals surface area contributed by atoms with Gasteiger partial charge < -0.3 is 16.0 Å². The van der Waals surface area contributed by atoms with E-state index >= 15 is 0 Å². The summed E-state index contributed by atoms with van der Waals surface area (Å²) in [6.45, 7) is 3.67. The second kappa shape index (κ2) is 4.79. The Hall–Kier alpha value is -1.55. The van der Waals surface area contributed by atoms with Gasteiger partial charge in [-0.3, -0.25) is 0 Å². The highest BCUT2D eigenvalue weighted by atomic mass is 16.4. The lowest BCUT2D eigenvalue weighted by Crippen LogP contribution is -2.17. The molecule has 1 atom stereocenters. The van der Waals surface area contributed by atoms with E-state index in [9.17, 15) is 5.11 Å². The highest BCUT2D eigenvalue weighted by Gasteiger charge is 2.12. The highest BCUT2D eigenvalue weighted by molar-refractivity contribution is 5.98. The van der Waals surface area contributed by atoms with Gasteiger partial charge in [-0.25, -0.2) is 0 Å². The molecule has 0 fully saturated rings. The average Bonchev–Trinajstić information content (AvgIpc) is 2.26. The molecule has 1 rings (SSSR count). The third-order valence-corrected chi connectivity index (χ3v) is 2.40. The second-order valence-corrected chi connectivity index (χ2v) is 3.39. The Balaban J connectivity index is 3.35. The van der Waals surface area contributed by atoms with E-state index < -0.39 is 6.10 Å². The number of aliphatic hydroxyl groups excluding tert-OH is 1. The molecule has 1 unspecified atom stereocenters. The van der Waals surface area contributed by atoms with Crippen molar-refractivity contribution in [2.75, 3.05) is 0 Å². The molecule has 4 nitrogen and oxygen atoms in total. The standard InChI is InChI=1S/C11H16N2O2/c1-3-8-9(7(2)14)5-4-6-10(8)11(12)13-15/h4-7,14-15H,3H2,1-2H3,(H2,12,13). The maximum absolute atomic E-state index is 9.57. The van der Waals surface area contributed by atoms with Crippen LogP contribution in [0.4, 0.5) is 0 Å². The van der Waals surface area contributed by atoms with E-state index in [-0.39, 0.29) is 5.84 Å². The minimum absolute atomic E-state index is 0.0781. The van der Waals surface area contributed by atoms with Crippen LogP contribution < -0.4 is 5.73 Å². The quantitative estimate of drug-likeness (QED) is 0.304. The van der Waals surface area contributed by atoms with Crippen molar-refractivity contribution in [1.29, 1.82) is 0 Å². The van der Waals surface area contributed by atoms with E-state index in [0.29, 0.717) is 5.56 Å². The molecule has 1 aromatic carbocycles. The summed E-state index contributed by atoms with van der Waals surface area (Å²) >= 11 is 0. The van der Waals surface area contributed by atoms with Gasteiger partial charge in [0.1, 0.15) is 0 Å². The zero-order valence-electron chi connectivity index (χ0n) is 8.94. The maximum Gasteiger partial charge on any atom is 0.170 e. The van der Waals surface area contributed by atoms with E-state index in [1.807, 2.05) is 13.0 Å². The van der Waals surface area contributed by atoms with E-state index in [1.54, 1.807) is 19.1 Å². The number of oxime groups is 1. The van der Waals surface area contributed by atoms with Gasteiger partial charge in [0.15, 0.2) is 5.84 Å². The van der Waals surface area contributed by atoms with Crippen molar-refractivity contribution >= 4 is 5.84 Å². The summed E-state index contributed by atoms with van der Waals surface area (Å²) in [5.41, 5.74) is 7.98. The van der Waals surface area contributed by atoms with Crippen molar-refractivity contribution in [2.24, 2.45) is 10.9 Å². The molecule has 0 aliphatic rings. The Labute approximate surface area is 89.0 Å². The number of hydrogen-bond donors (Lipinski definition) is 3. The van der Waals surface area contributed by atoms with Gasteiger partial charge in [-0.1, -0.05) is 30.3 Å². The molecule has 0 saturated carbocycles. The fourth-order valence-corrected chi connectivity index (χ4v) is 1.68. The topological polar surface area (TPSA) is 78.8 Å². The van der Waals surface area contributed by atoms with Gasteiger partial charge in [-0.15, -0.1) is 0 Å². The largest absolute Gasteiger partial charge is 0.409 e. The van der Waals surface area contributed by atoms with Crippen molar-refractivity contribution in [3.8, 4) is 0 Å². The molecule has 82 valence electrons. The number of nitrogens with two attached hydrogens (primary N) is 1. The summed E-state index contributed by atoms with van der Waals surface area (Å²) in [5, 5.41) is 21.2. The number of aliphatic hydroxyl groups is 1. The normalized spacial score (nSPS) is 13.9. The number of nitrogens with zero attached hydrogens (tertiary/aromatic N) is 1. The molecule has 15 heavy (non-hydrogen) atoms. The molecule has 0 amide bonds. The Kier molecular flexibility index (Phi) is 3.68. The lowest BCUT2D eigenvalue weighted by molar-refractivity contribution is 0.198. The van der Waals surface area contributed by atoms with Crippen molar-refractivity contribution in [3.63, 3.8) is 0 Å². The monoisotopic (exact) mass is 208 g/mol. The summed E-state index contributed by atoms with van der Waals surface area (Å²) in [5.74, 6) is 0.0781. The first-order valence-corrected chi connectivity index (χ1v) is 4.89. The van der Waals surface area contributed by atoms with Gasteiger partial charge in [0.2, 0.25) is 0 Å². The van der Waals surface area contributed by atoms with Crippen LogP contribution in [0.5, 0.6) is 0 Å². The molecule has 0 bridgehead atoms. The molecule has 0 heterocycles. The predicted octanol–water partition coefficient (Wildman–Crippen LogP) is 1.40. The number of hydrogen-bond acceptors (Lipinski definition) is 3. The van der Waals surface area contributed by atoms with Gasteiger partial charge in [0.05, 0.1) is 6.10 Å². The molecular weight excluding hydrogens is 192 g/mol. The van der Waals surface area contributed by atoms with Crippen LogP contribution in [0, 0.1) is 0 Å². The molecule has 1 aromatic rings. The van der Waals surface area contributed by atoms with E-state index in [0.717, 1.165) is 17.5 Å².